The summed E-state index contributed by atoms with van der Waals surface area (Å²) in [5, 5.41) is 0. The number of pyridine rings is 1. The van der Waals surface area contributed by atoms with Crippen LogP contribution in [0.25, 0.3) is 0 Å². The molecule has 0 radical (unpaired) electrons. The lowest BCUT2D eigenvalue weighted by molar-refractivity contribution is 0.306. The molecule has 0 saturated carbocycles. The molecule has 0 fully saturated rings. The molecule has 1 heterocycles. The fourth-order valence-electron chi connectivity index (χ4n) is 1.30. The van der Waals surface area contributed by atoms with Crippen molar-refractivity contribution in [2.75, 3.05) is 0 Å². The number of nitrogens with zero attached hydrogens (tertiary/aromatic N) is 1. The molecule has 0 aliphatic heterocycles. The molecule has 1 unspecified atom stereocenters. The van der Waals surface area contributed by atoms with E-state index in [0.29, 0.717) is 0 Å². The molecule has 1 aromatic heterocycles. The van der Waals surface area contributed by atoms with Crippen LogP contribution in [-0.4, -0.2) is 11.0 Å². The van der Waals surface area contributed by atoms with E-state index in [-0.39, 0.29) is 11.5 Å². The van der Waals surface area contributed by atoms with Crippen LogP contribution >= 0.6 is 0 Å². The van der Waals surface area contributed by atoms with E-state index in [1.54, 1.807) is 0 Å². The zero-order valence-electron chi connectivity index (χ0n) is 9.33. The SMILES string of the molecule is CC(C)(C)C(N)CCc1ccncc1. The average molecular weight is 192 g/mol. The third kappa shape index (κ3) is 3.46. The molecule has 1 atom stereocenters. The van der Waals surface area contributed by atoms with Crippen LogP contribution in [0.2, 0.25) is 0 Å². The molecule has 0 saturated heterocycles. The Morgan fingerprint density at radius 3 is 2.36 bits per heavy atom. The van der Waals surface area contributed by atoms with Gasteiger partial charge in [0.1, 0.15) is 0 Å². The summed E-state index contributed by atoms with van der Waals surface area (Å²) in [4.78, 5) is 3.99. The summed E-state index contributed by atoms with van der Waals surface area (Å²) in [6, 6.07) is 4.36. The fraction of sp³-hybridized carbons (Fsp3) is 0.583. The largest absolute Gasteiger partial charge is 0.327 e. The quantitative estimate of drug-likeness (QED) is 0.798. The van der Waals surface area contributed by atoms with Crippen molar-refractivity contribution in [2.24, 2.45) is 11.1 Å². The first-order valence-corrected chi connectivity index (χ1v) is 5.14. The van der Waals surface area contributed by atoms with E-state index < -0.39 is 0 Å². The molecule has 78 valence electrons. The van der Waals surface area contributed by atoms with E-state index in [4.69, 9.17) is 5.73 Å². The Kier molecular flexibility index (Phi) is 3.64. The molecule has 1 rings (SSSR count). The van der Waals surface area contributed by atoms with E-state index in [2.05, 4.69) is 37.9 Å². The molecule has 0 aliphatic rings. The minimum absolute atomic E-state index is 0.201. The molecule has 1 aromatic rings. The maximum absolute atomic E-state index is 6.08. The monoisotopic (exact) mass is 192 g/mol. The molecule has 0 aromatic carbocycles. The predicted octanol–water partition coefficient (Wildman–Crippen LogP) is 2.39. The second-order valence-electron chi connectivity index (χ2n) is 4.87. The van der Waals surface area contributed by atoms with Crippen LogP contribution in [0.4, 0.5) is 0 Å². The molecule has 2 heteroatoms. The topological polar surface area (TPSA) is 38.9 Å². The van der Waals surface area contributed by atoms with Gasteiger partial charge in [-0.1, -0.05) is 20.8 Å². The Morgan fingerprint density at radius 1 is 1.29 bits per heavy atom. The second-order valence-corrected chi connectivity index (χ2v) is 4.87. The van der Waals surface area contributed by atoms with Crippen molar-refractivity contribution in [1.29, 1.82) is 0 Å². The van der Waals surface area contributed by atoms with E-state index in [1.807, 2.05) is 12.4 Å². The molecule has 0 spiro atoms. The summed E-state index contributed by atoms with van der Waals surface area (Å²) in [6.45, 7) is 6.55. The van der Waals surface area contributed by atoms with Gasteiger partial charge in [-0.25, -0.2) is 0 Å². The predicted molar refractivity (Wildman–Crippen MR) is 60.0 cm³/mol. The average Bonchev–Trinajstić information content (AvgIpc) is 2.14. The van der Waals surface area contributed by atoms with Crippen molar-refractivity contribution >= 4 is 0 Å². The standard InChI is InChI=1S/C12H20N2/c1-12(2,3)11(13)5-4-10-6-8-14-9-7-10/h6-9,11H,4-5,13H2,1-3H3. The third-order valence-electron chi connectivity index (χ3n) is 2.61. The highest BCUT2D eigenvalue weighted by Crippen LogP contribution is 2.20. The molecule has 0 bridgehead atoms. The van der Waals surface area contributed by atoms with Gasteiger partial charge in [-0.15, -0.1) is 0 Å². The second kappa shape index (κ2) is 4.56. The van der Waals surface area contributed by atoms with Gasteiger partial charge in [0, 0.05) is 18.4 Å². The molecular weight excluding hydrogens is 172 g/mol. The van der Waals surface area contributed by atoms with E-state index in [0.717, 1.165) is 12.8 Å². The van der Waals surface area contributed by atoms with Crippen molar-refractivity contribution in [1.82, 2.24) is 4.98 Å². The zero-order chi connectivity index (χ0) is 10.6. The number of hydrogen-bond donors (Lipinski definition) is 1. The summed E-state index contributed by atoms with van der Waals surface area (Å²) in [7, 11) is 0. The Labute approximate surface area is 86.5 Å². The molecule has 2 N–H and O–H groups in total. The Hall–Kier alpha value is -0.890. The van der Waals surface area contributed by atoms with Crippen LogP contribution in [-0.2, 0) is 6.42 Å². The summed E-state index contributed by atoms with van der Waals surface area (Å²) >= 11 is 0. The molecule has 0 aliphatic carbocycles. The number of aryl methyl sites for hydroxylation is 1. The van der Waals surface area contributed by atoms with Gasteiger partial charge in [0.2, 0.25) is 0 Å². The lowest BCUT2D eigenvalue weighted by Gasteiger charge is -2.26. The van der Waals surface area contributed by atoms with Crippen LogP contribution in [0.1, 0.15) is 32.8 Å². The maximum atomic E-state index is 6.08. The van der Waals surface area contributed by atoms with Crippen molar-refractivity contribution in [2.45, 2.75) is 39.7 Å². The van der Waals surface area contributed by atoms with Gasteiger partial charge in [0.05, 0.1) is 0 Å². The molecular formula is C12H20N2. The van der Waals surface area contributed by atoms with Crippen molar-refractivity contribution < 1.29 is 0 Å². The van der Waals surface area contributed by atoms with Crippen LogP contribution in [0, 0.1) is 5.41 Å². The van der Waals surface area contributed by atoms with Crippen molar-refractivity contribution in [3.63, 3.8) is 0 Å². The lowest BCUT2D eigenvalue weighted by atomic mass is 9.84. The van der Waals surface area contributed by atoms with Crippen molar-refractivity contribution in [3.8, 4) is 0 Å². The maximum Gasteiger partial charge on any atom is 0.0270 e. The van der Waals surface area contributed by atoms with Crippen molar-refractivity contribution in [3.05, 3.63) is 30.1 Å². The smallest absolute Gasteiger partial charge is 0.0270 e. The third-order valence-corrected chi connectivity index (χ3v) is 2.61. The van der Waals surface area contributed by atoms with Gasteiger partial charge in [-0.3, -0.25) is 4.98 Å². The van der Waals surface area contributed by atoms with E-state index in [9.17, 15) is 0 Å². The molecule has 2 nitrogen and oxygen atoms in total. The van der Waals surface area contributed by atoms with Crippen LogP contribution in [0.5, 0.6) is 0 Å². The summed E-state index contributed by atoms with van der Waals surface area (Å²) < 4.78 is 0. The van der Waals surface area contributed by atoms with Gasteiger partial charge in [-0.2, -0.15) is 0 Å². The molecule has 0 amide bonds. The Balaban J connectivity index is 2.42. The number of hydrogen-bond acceptors (Lipinski definition) is 2. The van der Waals surface area contributed by atoms with E-state index >= 15 is 0 Å². The highest BCUT2D eigenvalue weighted by Gasteiger charge is 2.19. The van der Waals surface area contributed by atoms with Crippen LogP contribution < -0.4 is 5.73 Å². The van der Waals surface area contributed by atoms with Gasteiger partial charge in [0.15, 0.2) is 0 Å². The normalized spacial score (nSPS) is 14.0. The minimum Gasteiger partial charge on any atom is -0.327 e. The van der Waals surface area contributed by atoms with Crippen LogP contribution in [0.15, 0.2) is 24.5 Å². The minimum atomic E-state index is 0.201. The number of rotatable bonds is 3. The highest BCUT2D eigenvalue weighted by atomic mass is 14.7. The Morgan fingerprint density at radius 2 is 1.86 bits per heavy atom. The first-order valence-electron chi connectivity index (χ1n) is 5.14. The van der Waals surface area contributed by atoms with Gasteiger partial charge < -0.3 is 5.73 Å². The summed E-state index contributed by atoms with van der Waals surface area (Å²) in [5.41, 5.74) is 7.60. The molecule has 14 heavy (non-hydrogen) atoms. The van der Waals surface area contributed by atoms with Crippen LogP contribution in [0.3, 0.4) is 0 Å². The number of aromatic nitrogens is 1. The van der Waals surface area contributed by atoms with Gasteiger partial charge >= 0.3 is 0 Å². The summed E-state index contributed by atoms with van der Waals surface area (Å²) in [6.07, 6.45) is 5.74. The fourth-order valence-corrected chi connectivity index (χ4v) is 1.30. The summed E-state index contributed by atoms with van der Waals surface area (Å²) in [5.74, 6) is 0. The van der Waals surface area contributed by atoms with Gasteiger partial charge in [0.25, 0.3) is 0 Å². The van der Waals surface area contributed by atoms with E-state index in [1.165, 1.54) is 5.56 Å². The first-order chi connectivity index (χ1) is 6.50. The highest BCUT2D eigenvalue weighted by molar-refractivity contribution is 5.09. The Bertz CT molecular complexity index is 261. The zero-order valence-corrected chi connectivity index (χ0v) is 9.33. The number of nitrogens with two attached hydrogens (primary N) is 1. The van der Waals surface area contributed by atoms with Gasteiger partial charge in [-0.05, 0) is 36.0 Å². The first kappa shape index (κ1) is 11.2. The lowest BCUT2D eigenvalue weighted by Crippen LogP contribution is -2.35.